The highest BCUT2D eigenvalue weighted by atomic mass is 32.1. The fraction of sp³-hybridized carbons (Fsp3) is 0.286. The molecule has 0 aliphatic rings. The molecule has 78 valence electrons. The summed E-state index contributed by atoms with van der Waals surface area (Å²) in [5, 5.41) is 8.83. The van der Waals surface area contributed by atoms with E-state index in [1.165, 1.54) is 0 Å². The number of carbonyl (C=O) groups excluding carboxylic acids is 1. The Kier molecular flexibility index (Phi) is 2.68. The number of carbonyl (C=O) groups is 1. The van der Waals surface area contributed by atoms with E-state index in [2.05, 4.69) is 19.7 Å². The third-order valence-corrected chi connectivity index (χ3v) is 1.97. The molecule has 0 fully saturated rings. The fourth-order valence-electron chi connectivity index (χ4n) is 0.864. The lowest BCUT2D eigenvalue weighted by Gasteiger charge is -1.93. The molecule has 0 bridgehead atoms. The van der Waals surface area contributed by atoms with Crippen molar-refractivity contribution in [2.24, 2.45) is 0 Å². The molecule has 2 aromatic rings. The summed E-state index contributed by atoms with van der Waals surface area (Å²) < 4.78 is 13.2. The summed E-state index contributed by atoms with van der Waals surface area (Å²) in [6.45, 7) is 1.96. The largest absolute Gasteiger partial charge is 0.460 e. The average Bonchev–Trinajstić information content (AvgIpc) is 2.89. The first-order chi connectivity index (χ1) is 7.31. The van der Waals surface area contributed by atoms with E-state index in [-0.39, 0.29) is 18.3 Å². The number of hydrogen-bond donors (Lipinski definition) is 0. The number of hydrogen-bond acceptors (Lipinski definition) is 8. The Morgan fingerprint density at radius 2 is 2.53 bits per heavy atom. The van der Waals surface area contributed by atoms with Gasteiger partial charge in [0.05, 0.1) is 6.61 Å². The van der Waals surface area contributed by atoms with E-state index >= 15 is 0 Å². The predicted molar refractivity (Wildman–Crippen MR) is 49.2 cm³/mol. The van der Waals surface area contributed by atoms with Crippen LogP contribution in [-0.2, 0) is 4.74 Å². The average molecular weight is 226 g/mol. The molecule has 0 atom stereocenters. The minimum atomic E-state index is -0.615. The van der Waals surface area contributed by atoms with Gasteiger partial charge >= 0.3 is 5.97 Å². The minimum absolute atomic E-state index is 0.111. The molecule has 0 spiro atoms. The normalized spacial score (nSPS) is 10.2. The third-order valence-electron chi connectivity index (χ3n) is 1.46. The Morgan fingerprint density at radius 3 is 3.20 bits per heavy atom. The summed E-state index contributed by atoms with van der Waals surface area (Å²) in [4.78, 5) is 15.0. The van der Waals surface area contributed by atoms with Gasteiger partial charge in [0.25, 0.3) is 11.7 Å². The van der Waals surface area contributed by atoms with Crippen molar-refractivity contribution < 1.29 is 14.1 Å². The number of ether oxygens (including phenoxy) is 1. The lowest BCUT2D eigenvalue weighted by atomic mass is 10.5. The van der Waals surface area contributed by atoms with Crippen LogP contribution in [0.2, 0.25) is 0 Å². The van der Waals surface area contributed by atoms with Crippen LogP contribution >= 0.6 is 11.5 Å². The minimum Gasteiger partial charge on any atom is -0.460 e. The summed E-state index contributed by atoms with van der Waals surface area (Å²) in [5.41, 5.74) is 0.447. The zero-order valence-corrected chi connectivity index (χ0v) is 8.52. The maximum atomic E-state index is 11.2. The van der Waals surface area contributed by atoms with Crippen LogP contribution in [0.4, 0.5) is 0 Å². The van der Waals surface area contributed by atoms with E-state index in [1.807, 2.05) is 0 Å². The van der Waals surface area contributed by atoms with Crippen LogP contribution in [0.3, 0.4) is 0 Å². The van der Waals surface area contributed by atoms with Crippen molar-refractivity contribution in [1.29, 1.82) is 0 Å². The predicted octanol–water partition coefficient (Wildman–Crippen LogP) is 0.765. The molecule has 0 radical (unpaired) electrons. The van der Waals surface area contributed by atoms with Gasteiger partial charge in [0, 0.05) is 5.38 Å². The number of aromatic nitrogens is 4. The Morgan fingerprint density at radius 1 is 1.67 bits per heavy atom. The van der Waals surface area contributed by atoms with Crippen molar-refractivity contribution in [3.05, 3.63) is 11.2 Å². The maximum Gasteiger partial charge on any atom is 0.379 e. The standard InChI is InChI=1S/C7H6N4O3S/c1-2-13-7(12)5-8-6(14-10-5)4-3-15-11-9-4/h3H,2H2,1H3. The molecule has 0 unspecified atom stereocenters. The fourth-order valence-corrected chi connectivity index (χ4v) is 1.29. The van der Waals surface area contributed by atoms with Crippen molar-refractivity contribution in [3.63, 3.8) is 0 Å². The second-order valence-corrected chi connectivity index (χ2v) is 3.04. The van der Waals surface area contributed by atoms with E-state index < -0.39 is 5.97 Å². The summed E-state index contributed by atoms with van der Waals surface area (Å²) in [6, 6.07) is 0. The van der Waals surface area contributed by atoms with Crippen molar-refractivity contribution >= 4 is 17.5 Å². The van der Waals surface area contributed by atoms with Crippen molar-refractivity contribution in [1.82, 2.24) is 19.7 Å². The maximum absolute atomic E-state index is 11.2. The Hall–Kier alpha value is -1.83. The highest BCUT2D eigenvalue weighted by molar-refractivity contribution is 7.03. The van der Waals surface area contributed by atoms with Crippen LogP contribution in [0.1, 0.15) is 17.5 Å². The van der Waals surface area contributed by atoms with E-state index in [0.29, 0.717) is 5.69 Å². The Labute approximate surface area is 88.2 Å². The summed E-state index contributed by atoms with van der Waals surface area (Å²) >= 11 is 1.16. The highest BCUT2D eigenvalue weighted by Crippen LogP contribution is 2.14. The zero-order chi connectivity index (χ0) is 10.7. The smallest absolute Gasteiger partial charge is 0.379 e. The van der Waals surface area contributed by atoms with Gasteiger partial charge < -0.3 is 9.26 Å². The van der Waals surface area contributed by atoms with Crippen LogP contribution in [0, 0.1) is 0 Å². The van der Waals surface area contributed by atoms with Gasteiger partial charge in [-0.2, -0.15) is 4.98 Å². The molecule has 7 nitrogen and oxygen atoms in total. The van der Waals surface area contributed by atoms with Gasteiger partial charge in [0.2, 0.25) is 0 Å². The molecular weight excluding hydrogens is 220 g/mol. The van der Waals surface area contributed by atoms with Crippen molar-refractivity contribution in [3.8, 4) is 11.6 Å². The van der Waals surface area contributed by atoms with Gasteiger partial charge in [0.1, 0.15) is 0 Å². The molecule has 0 aliphatic carbocycles. The van der Waals surface area contributed by atoms with Crippen LogP contribution in [0.15, 0.2) is 9.90 Å². The molecule has 0 amide bonds. The number of rotatable bonds is 3. The Balaban J connectivity index is 2.21. The highest BCUT2D eigenvalue weighted by Gasteiger charge is 2.17. The van der Waals surface area contributed by atoms with Crippen LogP contribution in [0.5, 0.6) is 0 Å². The first kappa shape index (κ1) is 9.71. The second-order valence-electron chi connectivity index (χ2n) is 2.43. The molecule has 0 N–H and O–H groups in total. The van der Waals surface area contributed by atoms with Crippen molar-refractivity contribution in [2.45, 2.75) is 6.92 Å². The lowest BCUT2D eigenvalue weighted by molar-refractivity contribution is 0.0508. The Bertz CT molecular complexity index is 453. The summed E-state index contributed by atoms with van der Waals surface area (Å²) in [7, 11) is 0. The van der Waals surface area contributed by atoms with Gasteiger partial charge in [-0.25, -0.2) is 4.79 Å². The molecule has 15 heavy (non-hydrogen) atoms. The molecule has 2 heterocycles. The molecule has 8 heteroatoms. The molecular formula is C7H6N4O3S. The van der Waals surface area contributed by atoms with Gasteiger partial charge in [-0.15, -0.1) is 5.10 Å². The van der Waals surface area contributed by atoms with Gasteiger partial charge in [-0.05, 0) is 23.6 Å². The first-order valence-electron chi connectivity index (χ1n) is 4.09. The van der Waals surface area contributed by atoms with E-state index in [0.717, 1.165) is 11.5 Å². The number of nitrogens with zero attached hydrogens (tertiary/aromatic N) is 4. The molecule has 0 saturated carbocycles. The first-order valence-corrected chi connectivity index (χ1v) is 4.93. The summed E-state index contributed by atoms with van der Waals surface area (Å²) in [6.07, 6.45) is 0. The summed E-state index contributed by atoms with van der Waals surface area (Å²) in [5.74, 6) is -0.567. The monoisotopic (exact) mass is 226 g/mol. The SMILES string of the molecule is CCOC(=O)c1noc(-c2csnn2)n1. The van der Waals surface area contributed by atoms with Gasteiger partial charge in [-0.3, -0.25) is 0 Å². The molecule has 2 rings (SSSR count). The van der Waals surface area contributed by atoms with Gasteiger partial charge in [0.15, 0.2) is 5.69 Å². The molecule has 0 aliphatic heterocycles. The zero-order valence-electron chi connectivity index (χ0n) is 7.71. The quantitative estimate of drug-likeness (QED) is 0.713. The second kappa shape index (κ2) is 4.13. The molecule has 0 saturated heterocycles. The van der Waals surface area contributed by atoms with E-state index in [1.54, 1.807) is 12.3 Å². The van der Waals surface area contributed by atoms with Crippen molar-refractivity contribution in [2.75, 3.05) is 6.61 Å². The topological polar surface area (TPSA) is 91.0 Å². The van der Waals surface area contributed by atoms with Crippen LogP contribution in [0.25, 0.3) is 11.6 Å². The van der Waals surface area contributed by atoms with E-state index in [9.17, 15) is 4.79 Å². The van der Waals surface area contributed by atoms with E-state index in [4.69, 9.17) is 9.26 Å². The number of esters is 1. The van der Waals surface area contributed by atoms with Gasteiger partial charge in [-0.1, -0.05) is 4.49 Å². The lowest BCUT2D eigenvalue weighted by Crippen LogP contribution is -2.06. The van der Waals surface area contributed by atoms with Crippen LogP contribution in [-0.4, -0.2) is 32.3 Å². The molecule has 0 aromatic carbocycles. The van der Waals surface area contributed by atoms with Crippen LogP contribution < -0.4 is 0 Å². The molecule has 2 aromatic heterocycles. The third kappa shape index (κ3) is 1.99.